The first-order valence-corrected chi connectivity index (χ1v) is 8.58. The van der Waals surface area contributed by atoms with E-state index < -0.39 is 5.91 Å². The molecule has 140 valence electrons. The van der Waals surface area contributed by atoms with E-state index in [2.05, 4.69) is 19.9 Å². The van der Waals surface area contributed by atoms with Crippen LogP contribution in [0.1, 0.15) is 17.1 Å². The van der Waals surface area contributed by atoms with Crippen LogP contribution in [-0.2, 0) is 17.9 Å². The van der Waals surface area contributed by atoms with Gasteiger partial charge in [0.1, 0.15) is 18.1 Å². The highest BCUT2D eigenvalue weighted by Gasteiger charge is 2.12. The molecule has 0 aliphatic rings. The van der Waals surface area contributed by atoms with Crippen LogP contribution in [0.25, 0.3) is 17.1 Å². The minimum absolute atomic E-state index is 0.419. The summed E-state index contributed by atoms with van der Waals surface area (Å²) in [6, 6.07) is 11.9. The van der Waals surface area contributed by atoms with Crippen LogP contribution in [-0.4, -0.2) is 40.6 Å². The molecule has 0 spiro atoms. The second kappa shape index (κ2) is 7.80. The minimum atomic E-state index is -0.632. The van der Waals surface area contributed by atoms with E-state index in [0.717, 1.165) is 22.4 Å². The van der Waals surface area contributed by atoms with Crippen LogP contribution in [0.3, 0.4) is 0 Å². The van der Waals surface area contributed by atoms with Gasteiger partial charge in [-0.3, -0.25) is 15.0 Å². The van der Waals surface area contributed by atoms with E-state index in [4.69, 9.17) is 10.2 Å². The number of nitrogens with one attached hydrogen (secondary N) is 1. The first kappa shape index (κ1) is 17.6. The van der Waals surface area contributed by atoms with Crippen molar-refractivity contribution >= 4 is 23.0 Å². The molecule has 3 heterocycles. The third-order valence-corrected chi connectivity index (χ3v) is 4.17. The zero-order chi connectivity index (χ0) is 19.3. The van der Waals surface area contributed by atoms with Gasteiger partial charge in [-0.1, -0.05) is 23.4 Å². The lowest BCUT2D eigenvalue weighted by Crippen LogP contribution is -2.14. The molecular weight excluding hydrogens is 358 g/mol. The number of nitrogens with zero attached hydrogens (tertiary/aromatic N) is 6. The Kier molecular flexibility index (Phi) is 4.89. The Morgan fingerprint density at radius 2 is 2.07 bits per heavy atom. The normalized spacial score (nSPS) is 11.3. The number of hydrogen-bond donors (Lipinski definition) is 2. The van der Waals surface area contributed by atoms with E-state index in [0.29, 0.717) is 18.8 Å². The molecule has 0 fully saturated rings. The standard InChI is InChI=1S/C19H17N7O2/c27-19(23-28)8-7-15-12-25(24-22-15)13-18-21-16-5-1-2-6-17(16)26(18)11-14-4-3-9-20-10-14/h1-10,12,28H,11,13H2,(H,23,27). The highest BCUT2D eigenvalue weighted by molar-refractivity contribution is 5.90. The predicted octanol–water partition coefficient (Wildman–Crippen LogP) is 1.64. The molecule has 0 saturated heterocycles. The van der Waals surface area contributed by atoms with Gasteiger partial charge < -0.3 is 4.57 Å². The molecule has 4 rings (SSSR count). The molecule has 0 bridgehead atoms. The molecule has 0 aliphatic heterocycles. The fraction of sp³-hybridized carbons (Fsp3) is 0.105. The third-order valence-electron chi connectivity index (χ3n) is 4.17. The number of amides is 1. The lowest BCUT2D eigenvalue weighted by Gasteiger charge is -2.09. The maximum absolute atomic E-state index is 11.1. The van der Waals surface area contributed by atoms with Crippen LogP contribution in [0, 0.1) is 0 Å². The molecule has 28 heavy (non-hydrogen) atoms. The van der Waals surface area contributed by atoms with Gasteiger partial charge in [-0.15, -0.1) is 5.10 Å². The van der Waals surface area contributed by atoms with Gasteiger partial charge in [-0.05, 0) is 29.8 Å². The van der Waals surface area contributed by atoms with Crippen molar-refractivity contribution in [2.45, 2.75) is 13.1 Å². The highest BCUT2D eigenvalue weighted by atomic mass is 16.5. The van der Waals surface area contributed by atoms with E-state index in [1.165, 1.54) is 17.6 Å². The second-order valence-corrected chi connectivity index (χ2v) is 6.11. The van der Waals surface area contributed by atoms with Gasteiger partial charge in [0.05, 0.1) is 23.8 Å². The van der Waals surface area contributed by atoms with Gasteiger partial charge in [0.2, 0.25) is 0 Å². The monoisotopic (exact) mass is 375 g/mol. The quantitative estimate of drug-likeness (QED) is 0.301. The summed E-state index contributed by atoms with van der Waals surface area (Å²) in [5, 5.41) is 16.6. The highest BCUT2D eigenvalue weighted by Crippen LogP contribution is 2.18. The van der Waals surface area contributed by atoms with Crippen molar-refractivity contribution in [1.29, 1.82) is 0 Å². The Hall–Kier alpha value is -3.85. The molecule has 9 heteroatoms. The second-order valence-electron chi connectivity index (χ2n) is 6.11. The number of imidazole rings is 1. The van der Waals surface area contributed by atoms with Gasteiger partial charge in [0.25, 0.3) is 5.91 Å². The van der Waals surface area contributed by atoms with Crippen molar-refractivity contribution in [2.75, 3.05) is 0 Å². The van der Waals surface area contributed by atoms with Crippen LogP contribution >= 0.6 is 0 Å². The Morgan fingerprint density at radius 3 is 2.89 bits per heavy atom. The molecular formula is C19H17N7O2. The van der Waals surface area contributed by atoms with Crippen molar-refractivity contribution in [2.24, 2.45) is 0 Å². The number of para-hydroxylation sites is 2. The van der Waals surface area contributed by atoms with E-state index in [1.54, 1.807) is 17.1 Å². The number of aromatic nitrogens is 6. The van der Waals surface area contributed by atoms with Crippen molar-refractivity contribution in [3.05, 3.63) is 78.1 Å². The van der Waals surface area contributed by atoms with Gasteiger partial charge in [-0.25, -0.2) is 15.1 Å². The predicted molar refractivity (Wildman–Crippen MR) is 101 cm³/mol. The SMILES string of the molecule is O=C(C=Cc1cn(Cc2nc3ccccc3n2Cc2cccnc2)nn1)NO. The molecule has 2 N–H and O–H groups in total. The molecule has 0 aliphatic carbocycles. The van der Waals surface area contributed by atoms with E-state index in [-0.39, 0.29) is 0 Å². The zero-order valence-corrected chi connectivity index (χ0v) is 14.8. The minimum Gasteiger partial charge on any atom is -0.322 e. The maximum Gasteiger partial charge on any atom is 0.267 e. The van der Waals surface area contributed by atoms with Gasteiger partial charge in [-0.2, -0.15) is 0 Å². The largest absolute Gasteiger partial charge is 0.322 e. The molecule has 0 unspecified atom stereocenters. The summed E-state index contributed by atoms with van der Waals surface area (Å²) < 4.78 is 3.78. The summed E-state index contributed by atoms with van der Waals surface area (Å²) in [6.45, 7) is 1.06. The Morgan fingerprint density at radius 1 is 1.18 bits per heavy atom. The molecule has 0 saturated carbocycles. The molecule has 4 aromatic rings. The van der Waals surface area contributed by atoms with Crippen molar-refractivity contribution in [3.8, 4) is 0 Å². The number of carbonyl (C=O) groups excluding carboxylic acids is 1. The fourth-order valence-electron chi connectivity index (χ4n) is 2.91. The van der Waals surface area contributed by atoms with Crippen molar-refractivity contribution in [1.82, 2.24) is 35.0 Å². The Bertz CT molecular complexity index is 1130. The number of carbonyl (C=O) groups is 1. The first-order valence-electron chi connectivity index (χ1n) is 8.58. The molecule has 3 aromatic heterocycles. The Labute approximate surface area is 159 Å². The lowest BCUT2D eigenvalue weighted by molar-refractivity contribution is -0.124. The van der Waals surface area contributed by atoms with Crippen LogP contribution in [0.5, 0.6) is 0 Å². The van der Waals surface area contributed by atoms with Gasteiger partial charge >= 0.3 is 0 Å². The lowest BCUT2D eigenvalue weighted by atomic mass is 10.2. The molecule has 9 nitrogen and oxygen atoms in total. The maximum atomic E-state index is 11.1. The van der Waals surface area contributed by atoms with E-state index >= 15 is 0 Å². The first-order chi connectivity index (χ1) is 13.7. The van der Waals surface area contributed by atoms with E-state index in [9.17, 15) is 4.79 Å². The van der Waals surface area contributed by atoms with E-state index in [1.807, 2.05) is 42.6 Å². The van der Waals surface area contributed by atoms with Crippen LogP contribution < -0.4 is 5.48 Å². The molecule has 1 amide bonds. The average Bonchev–Trinajstić information content (AvgIpc) is 3.32. The number of hydrogen-bond acceptors (Lipinski definition) is 6. The van der Waals surface area contributed by atoms with Crippen molar-refractivity contribution in [3.63, 3.8) is 0 Å². The number of fused-ring (bicyclic) bond motifs is 1. The zero-order valence-electron chi connectivity index (χ0n) is 14.8. The summed E-state index contributed by atoms with van der Waals surface area (Å²) in [6.07, 6.45) is 7.93. The van der Waals surface area contributed by atoms with Gasteiger partial charge in [0.15, 0.2) is 0 Å². The fourth-order valence-corrected chi connectivity index (χ4v) is 2.91. The smallest absolute Gasteiger partial charge is 0.267 e. The summed E-state index contributed by atoms with van der Waals surface area (Å²) >= 11 is 0. The Balaban J connectivity index is 1.63. The average molecular weight is 375 g/mol. The van der Waals surface area contributed by atoms with Crippen LogP contribution in [0.2, 0.25) is 0 Å². The third kappa shape index (κ3) is 3.79. The molecule has 0 radical (unpaired) electrons. The number of benzene rings is 1. The molecule has 0 atom stereocenters. The number of hydroxylamine groups is 1. The summed E-state index contributed by atoms with van der Waals surface area (Å²) in [7, 11) is 0. The van der Waals surface area contributed by atoms with Crippen LogP contribution in [0.15, 0.2) is 61.1 Å². The number of rotatable bonds is 6. The topological polar surface area (TPSA) is 111 Å². The summed E-state index contributed by atoms with van der Waals surface area (Å²) in [4.78, 5) is 20.0. The summed E-state index contributed by atoms with van der Waals surface area (Å²) in [5.74, 6) is 0.200. The van der Waals surface area contributed by atoms with Crippen molar-refractivity contribution < 1.29 is 10.0 Å². The summed E-state index contributed by atoms with van der Waals surface area (Å²) in [5.41, 5.74) is 5.03. The molecule has 1 aromatic carbocycles. The number of pyridine rings is 1. The van der Waals surface area contributed by atoms with Gasteiger partial charge in [0, 0.05) is 18.5 Å². The van der Waals surface area contributed by atoms with Crippen LogP contribution in [0.4, 0.5) is 0 Å².